The first-order valence-electron chi connectivity index (χ1n) is 8.96. The molecular formula is C22H21NO5S. The summed E-state index contributed by atoms with van der Waals surface area (Å²) >= 11 is 0. The fourth-order valence-corrected chi connectivity index (χ4v) is 4.10. The molecule has 3 aromatic rings. The number of carbonyl (C=O) groups is 1. The van der Waals surface area contributed by atoms with Gasteiger partial charge in [-0.25, -0.2) is 4.79 Å². The number of aromatic carboxylic acids is 1. The molecule has 0 aliphatic heterocycles. The van der Waals surface area contributed by atoms with E-state index in [2.05, 4.69) is 0 Å². The monoisotopic (exact) mass is 411 g/mol. The topological polar surface area (TPSA) is 85.6 Å². The fourth-order valence-electron chi connectivity index (χ4n) is 2.83. The maximum atomic E-state index is 12.5. The quantitative estimate of drug-likeness (QED) is 0.616. The molecule has 1 N–H and O–H groups in total. The number of rotatable bonds is 8. The van der Waals surface area contributed by atoms with Gasteiger partial charge in [-0.1, -0.05) is 42.5 Å². The predicted octanol–water partition coefficient (Wildman–Crippen LogP) is 3.11. The third-order valence-electron chi connectivity index (χ3n) is 4.35. The van der Waals surface area contributed by atoms with Gasteiger partial charge in [-0.2, -0.15) is 0 Å². The second kappa shape index (κ2) is 9.34. The Balaban J connectivity index is 1.67. The molecule has 1 heterocycles. The van der Waals surface area contributed by atoms with Crippen molar-refractivity contribution in [3.8, 4) is 5.75 Å². The Hall–Kier alpha value is -3.19. The van der Waals surface area contributed by atoms with Crippen LogP contribution in [-0.2, 0) is 36.0 Å². The summed E-state index contributed by atoms with van der Waals surface area (Å²) in [5, 5.41) is 9.06. The molecule has 0 spiro atoms. The molecule has 0 bridgehead atoms. The lowest BCUT2D eigenvalue weighted by Crippen LogP contribution is -2.15. The van der Waals surface area contributed by atoms with Gasteiger partial charge in [0.1, 0.15) is 6.61 Å². The Kier molecular flexibility index (Phi) is 6.61. The number of carboxylic acids is 1. The first kappa shape index (κ1) is 20.5. The van der Waals surface area contributed by atoms with Crippen LogP contribution in [0.2, 0.25) is 0 Å². The maximum Gasteiger partial charge on any atom is 0.335 e. The van der Waals surface area contributed by atoms with Crippen molar-refractivity contribution < 1.29 is 18.8 Å². The SMILES string of the molecule is Cn1cc(OCc2ccccc2)c(=O)cc1CS(=O)Cc1cccc(C(=O)O)c1. The zero-order valence-corrected chi connectivity index (χ0v) is 16.7. The van der Waals surface area contributed by atoms with E-state index in [1.165, 1.54) is 18.2 Å². The van der Waals surface area contributed by atoms with Crippen LogP contribution in [0.3, 0.4) is 0 Å². The normalized spacial score (nSPS) is 11.8. The molecule has 3 rings (SSSR count). The van der Waals surface area contributed by atoms with Gasteiger partial charge in [-0.15, -0.1) is 0 Å². The van der Waals surface area contributed by atoms with E-state index in [4.69, 9.17) is 9.84 Å². The molecule has 0 fully saturated rings. The Bertz CT molecular complexity index is 1090. The first-order valence-corrected chi connectivity index (χ1v) is 10.4. The highest BCUT2D eigenvalue weighted by molar-refractivity contribution is 7.83. The van der Waals surface area contributed by atoms with Gasteiger partial charge >= 0.3 is 5.97 Å². The minimum atomic E-state index is -1.30. The van der Waals surface area contributed by atoms with Crippen molar-refractivity contribution in [3.05, 3.63) is 99.5 Å². The molecule has 0 aliphatic rings. The van der Waals surface area contributed by atoms with Gasteiger partial charge in [0.05, 0.1) is 17.5 Å². The zero-order valence-electron chi connectivity index (χ0n) is 15.9. The fraction of sp³-hybridized carbons (Fsp3) is 0.182. The summed E-state index contributed by atoms with van der Waals surface area (Å²) in [6, 6.07) is 17.4. The Morgan fingerprint density at radius 1 is 1.03 bits per heavy atom. The number of aryl methyl sites for hydroxylation is 1. The molecule has 29 heavy (non-hydrogen) atoms. The number of hydrogen-bond acceptors (Lipinski definition) is 4. The summed E-state index contributed by atoms with van der Waals surface area (Å²) in [6.07, 6.45) is 1.60. The van der Waals surface area contributed by atoms with Crippen LogP contribution in [0.25, 0.3) is 0 Å². The summed E-state index contributed by atoms with van der Waals surface area (Å²) in [7, 11) is 0.475. The Morgan fingerprint density at radius 2 is 1.76 bits per heavy atom. The lowest BCUT2D eigenvalue weighted by molar-refractivity contribution is 0.0696. The molecule has 0 saturated carbocycles. The van der Waals surface area contributed by atoms with E-state index < -0.39 is 16.8 Å². The second-order valence-electron chi connectivity index (χ2n) is 6.61. The van der Waals surface area contributed by atoms with Crippen molar-refractivity contribution in [1.82, 2.24) is 4.57 Å². The zero-order chi connectivity index (χ0) is 20.8. The van der Waals surface area contributed by atoms with Gasteiger partial charge in [0.25, 0.3) is 0 Å². The predicted molar refractivity (Wildman–Crippen MR) is 111 cm³/mol. The largest absolute Gasteiger partial charge is 0.483 e. The van der Waals surface area contributed by atoms with E-state index in [0.29, 0.717) is 17.9 Å². The van der Waals surface area contributed by atoms with E-state index in [-0.39, 0.29) is 28.2 Å². The average Bonchev–Trinajstić information content (AvgIpc) is 2.70. The Labute approximate surface area is 170 Å². The highest BCUT2D eigenvalue weighted by Crippen LogP contribution is 2.13. The highest BCUT2D eigenvalue weighted by atomic mass is 32.2. The Morgan fingerprint density at radius 3 is 2.48 bits per heavy atom. The summed E-state index contributed by atoms with van der Waals surface area (Å²) in [5.41, 5.74) is 2.15. The summed E-state index contributed by atoms with van der Waals surface area (Å²) in [5.74, 6) is -0.394. The van der Waals surface area contributed by atoms with Gasteiger partial charge in [-0.3, -0.25) is 9.00 Å². The van der Waals surface area contributed by atoms with E-state index in [0.717, 1.165) is 5.56 Å². The van der Waals surface area contributed by atoms with Crippen LogP contribution in [-0.4, -0.2) is 19.9 Å². The van der Waals surface area contributed by atoms with Crippen molar-refractivity contribution in [1.29, 1.82) is 0 Å². The number of aromatic nitrogens is 1. The summed E-state index contributed by atoms with van der Waals surface area (Å²) in [4.78, 5) is 23.4. The van der Waals surface area contributed by atoms with E-state index in [9.17, 15) is 13.8 Å². The number of benzene rings is 2. The standard InChI is InChI=1S/C22H21NO5S/c1-23-12-21(28-13-16-6-3-2-4-7-16)20(24)11-19(23)15-29(27)14-17-8-5-9-18(10-17)22(25)26/h2-12H,13-15H2,1H3,(H,25,26). The highest BCUT2D eigenvalue weighted by Gasteiger charge is 2.11. The van der Waals surface area contributed by atoms with Crippen molar-refractivity contribution in [2.45, 2.75) is 18.1 Å². The third-order valence-corrected chi connectivity index (χ3v) is 5.63. The smallest absolute Gasteiger partial charge is 0.335 e. The molecule has 2 aromatic carbocycles. The van der Waals surface area contributed by atoms with Crippen molar-refractivity contribution in [2.24, 2.45) is 7.05 Å². The van der Waals surface area contributed by atoms with Crippen molar-refractivity contribution in [3.63, 3.8) is 0 Å². The number of pyridine rings is 1. The maximum absolute atomic E-state index is 12.5. The first-order chi connectivity index (χ1) is 13.9. The molecule has 1 aromatic heterocycles. The molecule has 7 heteroatoms. The number of ether oxygens (including phenoxy) is 1. The van der Waals surface area contributed by atoms with Crippen LogP contribution in [0.5, 0.6) is 5.75 Å². The molecule has 1 atom stereocenters. The van der Waals surface area contributed by atoms with Gasteiger partial charge in [0.15, 0.2) is 5.75 Å². The molecule has 0 radical (unpaired) electrons. The molecule has 1 unspecified atom stereocenters. The van der Waals surface area contributed by atoms with Crippen molar-refractivity contribution in [2.75, 3.05) is 0 Å². The van der Waals surface area contributed by atoms with E-state index >= 15 is 0 Å². The lowest BCUT2D eigenvalue weighted by Gasteiger charge is -2.12. The van der Waals surface area contributed by atoms with Crippen LogP contribution in [0.4, 0.5) is 0 Å². The lowest BCUT2D eigenvalue weighted by atomic mass is 10.1. The molecule has 0 saturated heterocycles. The number of hydrogen-bond donors (Lipinski definition) is 1. The van der Waals surface area contributed by atoms with Crippen LogP contribution in [0.15, 0.2) is 71.7 Å². The molecule has 6 nitrogen and oxygen atoms in total. The molecule has 150 valence electrons. The van der Waals surface area contributed by atoms with E-state index in [1.807, 2.05) is 30.3 Å². The third kappa shape index (κ3) is 5.65. The number of carboxylic acid groups (broad SMARTS) is 1. The van der Waals surface area contributed by atoms with Gasteiger partial charge < -0.3 is 14.4 Å². The summed E-state index contributed by atoms with van der Waals surface area (Å²) in [6.45, 7) is 0.293. The number of nitrogens with zero attached hydrogens (tertiary/aromatic N) is 1. The van der Waals surface area contributed by atoms with Crippen LogP contribution >= 0.6 is 0 Å². The average molecular weight is 411 g/mol. The van der Waals surface area contributed by atoms with Crippen LogP contribution in [0, 0.1) is 0 Å². The molecular weight excluding hydrogens is 390 g/mol. The van der Waals surface area contributed by atoms with Gasteiger partial charge in [-0.05, 0) is 23.3 Å². The minimum absolute atomic E-state index is 0.159. The van der Waals surface area contributed by atoms with Crippen molar-refractivity contribution >= 4 is 16.8 Å². The second-order valence-corrected chi connectivity index (χ2v) is 8.07. The van der Waals surface area contributed by atoms with Crippen LogP contribution < -0.4 is 10.2 Å². The molecule has 0 amide bonds. The molecule has 0 aliphatic carbocycles. The minimum Gasteiger partial charge on any atom is -0.483 e. The van der Waals surface area contributed by atoms with Gasteiger partial charge in [0, 0.05) is 35.4 Å². The van der Waals surface area contributed by atoms with E-state index in [1.54, 1.807) is 29.9 Å². The summed E-state index contributed by atoms with van der Waals surface area (Å²) < 4.78 is 19.9. The van der Waals surface area contributed by atoms with Gasteiger partial charge in [0.2, 0.25) is 5.43 Å². The van der Waals surface area contributed by atoms with Crippen LogP contribution in [0.1, 0.15) is 27.2 Å².